The topological polar surface area (TPSA) is 62.1 Å². The monoisotopic (exact) mass is 397 g/mol. The highest BCUT2D eigenvalue weighted by atomic mass is 16.2. The first-order valence-electron chi connectivity index (χ1n) is 11.8. The lowest BCUT2D eigenvalue weighted by molar-refractivity contribution is -0.134. The van der Waals surface area contributed by atoms with Crippen molar-refractivity contribution in [1.82, 2.24) is 9.88 Å². The van der Waals surface area contributed by atoms with E-state index >= 15 is 0 Å². The molecule has 160 valence electrons. The van der Waals surface area contributed by atoms with E-state index in [9.17, 15) is 4.79 Å². The number of hydrogen-bond donors (Lipinski definition) is 2. The van der Waals surface area contributed by atoms with E-state index in [2.05, 4.69) is 36.2 Å². The number of fused-ring (bicyclic) bond motifs is 3. The smallest absolute Gasteiger partial charge is 0.223 e. The van der Waals surface area contributed by atoms with Crippen LogP contribution in [0.2, 0.25) is 0 Å². The number of hydrogen-bond acceptors (Lipinski definition) is 2. The van der Waals surface area contributed by atoms with E-state index in [-0.39, 0.29) is 18.0 Å². The van der Waals surface area contributed by atoms with Crippen LogP contribution >= 0.6 is 0 Å². The quantitative estimate of drug-likeness (QED) is 0.466. The fourth-order valence-corrected chi connectivity index (χ4v) is 4.83. The zero-order valence-corrected chi connectivity index (χ0v) is 18.4. The Kier molecular flexibility index (Phi) is 8.17. The van der Waals surface area contributed by atoms with Gasteiger partial charge in [0.25, 0.3) is 0 Å². The molecule has 3 N–H and O–H groups in total. The molecular formula is C25H39N3O. The average molecular weight is 398 g/mol. The van der Waals surface area contributed by atoms with Gasteiger partial charge in [-0.1, -0.05) is 76.5 Å². The van der Waals surface area contributed by atoms with E-state index < -0.39 is 0 Å². The minimum Gasteiger partial charge on any atom is -0.356 e. The Bertz CT molecular complexity index is 779. The van der Waals surface area contributed by atoms with Gasteiger partial charge in [-0.15, -0.1) is 0 Å². The predicted molar refractivity (Wildman–Crippen MR) is 122 cm³/mol. The lowest BCUT2D eigenvalue weighted by Crippen LogP contribution is -2.46. The first-order chi connectivity index (χ1) is 14.1. The summed E-state index contributed by atoms with van der Waals surface area (Å²) >= 11 is 0. The van der Waals surface area contributed by atoms with Crippen molar-refractivity contribution >= 4 is 16.8 Å². The second-order valence-corrected chi connectivity index (χ2v) is 8.78. The molecule has 0 bridgehead atoms. The normalized spacial score (nSPS) is 17.5. The third-order valence-corrected chi connectivity index (χ3v) is 6.39. The van der Waals surface area contributed by atoms with Gasteiger partial charge in [-0.2, -0.15) is 0 Å². The number of H-pyrrole nitrogens is 1. The largest absolute Gasteiger partial charge is 0.356 e. The van der Waals surface area contributed by atoms with Crippen LogP contribution in [0.4, 0.5) is 0 Å². The van der Waals surface area contributed by atoms with Crippen LogP contribution in [0, 0.1) is 0 Å². The lowest BCUT2D eigenvalue weighted by atomic mass is 9.93. The van der Waals surface area contributed by atoms with Gasteiger partial charge in [-0.25, -0.2) is 0 Å². The minimum atomic E-state index is -0.0887. The number of amides is 1. The second-order valence-electron chi connectivity index (χ2n) is 8.78. The molecule has 1 aliphatic heterocycles. The SMILES string of the molecule is CCCCCCCCCCCC(=O)N1CCc2c([nH]c3ccccc23)C1C(C)N. The molecule has 29 heavy (non-hydrogen) atoms. The predicted octanol–water partition coefficient (Wildman–Crippen LogP) is 5.86. The zero-order valence-electron chi connectivity index (χ0n) is 18.4. The maximum atomic E-state index is 13.0. The molecule has 0 spiro atoms. The van der Waals surface area contributed by atoms with E-state index in [0.717, 1.165) is 37.0 Å². The van der Waals surface area contributed by atoms with Gasteiger partial charge >= 0.3 is 0 Å². The molecule has 0 radical (unpaired) electrons. The van der Waals surface area contributed by atoms with Crippen LogP contribution in [-0.2, 0) is 11.2 Å². The highest BCUT2D eigenvalue weighted by molar-refractivity contribution is 5.86. The van der Waals surface area contributed by atoms with Gasteiger partial charge in [-0.3, -0.25) is 4.79 Å². The summed E-state index contributed by atoms with van der Waals surface area (Å²) in [6.45, 7) is 5.05. The molecule has 1 aromatic heterocycles. The van der Waals surface area contributed by atoms with E-state index in [0.29, 0.717) is 6.42 Å². The van der Waals surface area contributed by atoms with Crippen LogP contribution in [0.3, 0.4) is 0 Å². The Hall–Kier alpha value is -1.81. The number of nitrogens with zero attached hydrogens (tertiary/aromatic N) is 1. The van der Waals surface area contributed by atoms with Crippen molar-refractivity contribution in [2.24, 2.45) is 5.73 Å². The number of aromatic amines is 1. The van der Waals surface area contributed by atoms with E-state index in [4.69, 9.17) is 5.73 Å². The summed E-state index contributed by atoms with van der Waals surface area (Å²) in [5.74, 6) is 0.263. The molecule has 3 rings (SSSR count). The number of carbonyl (C=O) groups excluding carboxylic acids is 1. The summed E-state index contributed by atoms with van der Waals surface area (Å²) in [6.07, 6.45) is 13.0. The van der Waals surface area contributed by atoms with Crippen molar-refractivity contribution in [2.45, 2.75) is 96.6 Å². The molecule has 1 aliphatic rings. The van der Waals surface area contributed by atoms with Gasteiger partial charge in [0.2, 0.25) is 5.91 Å². The Morgan fingerprint density at radius 2 is 1.76 bits per heavy atom. The van der Waals surface area contributed by atoms with Crippen LogP contribution < -0.4 is 5.73 Å². The Morgan fingerprint density at radius 3 is 2.45 bits per heavy atom. The van der Waals surface area contributed by atoms with E-state index in [1.54, 1.807) is 0 Å². The maximum Gasteiger partial charge on any atom is 0.223 e. The Morgan fingerprint density at radius 1 is 1.10 bits per heavy atom. The number of nitrogens with two attached hydrogens (primary N) is 1. The summed E-state index contributed by atoms with van der Waals surface area (Å²) in [5.41, 5.74) is 10.0. The third kappa shape index (κ3) is 5.42. The van der Waals surface area contributed by atoms with Crippen LogP contribution in [0.15, 0.2) is 24.3 Å². The third-order valence-electron chi connectivity index (χ3n) is 6.39. The zero-order chi connectivity index (χ0) is 20.6. The number of carbonyl (C=O) groups is 1. The Labute approximate surface area is 176 Å². The standard InChI is InChI=1S/C25H39N3O/c1-3-4-5-6-7-8-9-10-11-16-23(29)28-18-17-21-20-14-12-13-15-22(20)27-24(21)25(28)19(2)26/h12-15,19,25,27H,3-11,16-18,26H2,1-2H3. The van der Waals surface area contributed by atoms with E-state index in [1.165, 1.54) is 55.9 Å². The van der Waals surface area contributed by atoms with Gasteiger partial charge < -0.3 is 15.6 Å². The van der Waals surface area contributed by atoms with Gasteiger partial charge in [0.1, 0.15) is 0 Å². The fraction of sp³-hybridized carbons (Fsp3) is 0.640. The van der Waals surface area contributed by atoms with Gasteiger partial charge in [0.05, 0.1) is 6.04 Å². The van der Waals surface area contributed by atoms with E-state index in [1.807, 2.05) is 11.8 Å². The highest BCUT2D eigenvalue weighted by Crippen LogP contribution is 2.36. The number of aromatic nitrogens is 1. The second kappa shape index (κ2) is 10.8. The molecule has 4 nitrogen and oxygen atoms in total. The van der Waals surface area contributed by atoms with Gasteiger partial charge in [-0.05, 0) is 31.4 Å². The first kappa shape index (κ1) is 21.9. The van der Waals surface area contributed by atoms with Crippen molar-refractivity contribution < 1.29 is 4.79 Å². The van der Waals surface area contributed by atoms with Crippen molar-refractivity contribution in [3.8, 4) is 0 Å². The molecule has 4 heteroatoms. The Balaban J connectivity index is 1.51. The molecule has 0 aliphatic carbocycles. The molecule has 2 atom stereocenters. The number of rotatable bonds is 11. The molecule has 2 unspecified atom stereocenters. The summed E-state index contributed by atoms with van der Waals surface area (Å²) in [4.78, 5) is 18.6. The van der Waals surface area contributed by atoms with Gasteiger partial charge in [0, 0.05) is 35.6 Å². The minimum absolute atomic E-state index is 0.0442. The molecule has 2 aromatic rings. The van der Waals surface area contributed by atoms with Crippen LogP contribution in [0.5, 0.6) is 0 Å². The maximum absolute atomic E-state index is 13.0. The summed E-state index contributed by atoms with van der Waals surface area (Å²) in [7, 11) is 0. The molecule has 2 heterocycles. The van der Waals surface area contributed by atoms with Crippen molar-refractivity contribution in [1.29, 1.82) is 0 Å². The highest BCUT2D eigenvalue weighted by Gasteiger charge is 2.35. The molecule has 0 saturated carbocycles. The van der Waals surface area contributed by atoms with Crippen LogP contribution in [0.25, 0.3) is 10.9 Å². The number of benzene rings is 1. The molecule has 0 fully saturated rings. The molecule has 1 amide bonds. The number of para-hydroxylation sites is 1. The summed E-state index contributed by atoms with van der Waals surface area (Å²) in [6, 6.07) is 8.28. The number of nitrogens with one attached hydrogen (secondary N) is 1. The first-order valence-corrected chi connectivity index (χ1v) is 11.8. The van der Waals surface area contributed by atoms with Crippen LogP contribution in [-0.4, -0.2) is 28.4 Å². The molecule has 1 aromatic carbocycles. The van der Waals surface area contributed by atoms with Gasteiger partial charge in [0.15, 0.2) is 0 Å². The molecular weight excluding hydrogens is 358 g/mol. The van der Waals surface area contributed by atoms with Crippen molar-refractivity contribution in [3.05, 3.63) is 35.5 Å². The lowest BCUT2D eigenvalue weighted by Gasteiger charge is -2.38. The number of unbranched alkanes of at least 4 members (excludes halogenated alkanes) is 8. The van der Waals surface area contributed by atoms with Crippen LogP contribution in [0.1, 0.15) is 95.4 Å². The fourth-order valence-electron chi connectivity index (χ4n) is 4.83. The summed E-state index contributed by atoms with van der Waals surface area (Å²) < 4.78 is 0. The average Bonchev–Trinajstić information content (AvgIpc) is 3.10. The van der Waals surface area contributed by atoms with Crippen molar-refractivity contribution in [3.63, 3.8) is 0 Å². The summed E-state index contributed by atoms with van der Waals surface area (Å²) in [5, 5.41) is 1.28. The molecule has 0 saturated heterocycles. The van der Waals surface area contributed by atoms with Crippen molar-refractivity contribution in [2.75, 3.05) is 6.54 Å².